The number of quaternary nitrogens is 1. The lowest BCUT2D eigenvalue weighted by molar-refractivity contribution is -0.856. The summed E-state index contributed by atoms with van der Waals surface area (Å²) in [6.45, 7) is 1.36. The molecular formula is C18H26FN4O3S+. The number of amidine groups is 1. The number of aliphatic hydroxyl groups is 2. The Bertz CT molecular complexity index is 700. The lowest BCUT2D eigenvalue weighted by Gasteiger charge is -2.37. The number of rotatable bonds is 5. The first-order valence-electron chi connectivity index (χ1n) is 9.05. The second kappa shape index (κ2) is 8.55. The first-order valence-corrected chi connectivity index (χ1v) is 9.93. The number of hydrogen-bond acceptors (Lipinski definition) is 6. The molecule has 3 rings (SSSR count). The van der Waals surface area contributed by atoms with Crippen molar-refractivity contribution in [2.75, 3.05) is 32.5 Å². The van der Waals surface area contributed by atoms with Crippen LogP contribution in [0.4, 0.5) is 10.1 Å². The van der Waals surface area contributed by atoms with Crippen LogP contribution in [0.25, 0.3) is 0 Å². The summed E-state index contributed by atoms with van der Waals surface area (Å²) in [5, 5.41) is 26.8. The molecule has 1 fully saturated rings. The maximum absolute atomic E-state index is 13.1. The lowest BCUT2D eigenvalue weighted by Crippen LogP contribution is -3.06. The summed E-state index contributed by atoms with van der Waals surface area (Å²) in [5.41, 5.74) is 0.672. The van der Waals surface area contributed by atoms with E-state index in [1.807, 2.05) is 14.1 Å². The number of hydrogen-bond donors (Lipinski definition) is 5. The van der Waals surface area contributed by atoms with E-state index in [-0.39, 0.29) is 23.4 Å². The van der Waals surface area contributed by atoms with E-state index in [1.165, 1.54) is 28.8 Å². The molecule has 5 atom stereocenters. The second-order valence-corrected chi connectivity index (χ2v) is 8.45. The van der Waals surface area contributed by atoms with Gasteiger partial charge in [-0.05, 0) is 30.7 Å². The summed E-state index contributed by atoms with van der Waals surface area (Å²) >= 11 is 1.38. The van der Waals surface area contributed by atoms with Crippen molar-refractivity contribution in [2.24, 2.45) is 10.9 Å². The molecular weight excluding hydrogens is 371 g/mol. The molecule has 5 N–H and O–H groups in total. The van der Waals surface area contributed by atoms with Gasteiger partial charge in [-0.2, -0.15) is 0 Å². The Balaban J connectivity index is 1.68. The molecule has 7 nitrogen and oxygen atoms in total. The molecule has 0 aromatic heterocycles. The number of aliphatic imine (C=N–C) groups is 1. The summed E-state index contributed by atoms with van der Waals surface area (Å²) in [6, 6.07) is 5.32. The minimum Gasteiger partial charge on any atom is -0.390 e. The molecule has 0 saturated heterocycles. The molecule has 2 aliphatic rings. The molecule has 9 heteroatoms. The predicted octanol–water partition coefficient (Wildman–Crippen LogP) is -0.920. The molecule has 1 heterocycles. The van der Waals surface area contributed by atoms with Crippen molar-refractivity contribution in [3.05, 3.63) is 30.1 Å². The number of anilines is 1. The van der Waals surface area contributed by atoms with Crippen LogP contribution >= 0.6 is 11.8 Å². The molecule has 27 heavy (non-hydrogen) atoms. The third-order valence-electron chi connectivity index (χ3n) is 4.84. The van der Waals surface area contributed by atoms with Crippen LogP contribution in [0.3, 0.4) is 0 Å². The van der Waals surface area contributed by atoms with E-state index < -0.39 is 24.2 Å². The van der Waals surface area contributed by atoms with Gasteiger partial charge in [0.25, 0.3) is 0 Å². The van der Waals surface area contributed by atoms with Gasteiger partial charge < -0.3 is 25.7 Å². The average Bonchev–Trinajstić information content (AvgIpc) is 3.03. The topological polar surface area (TPSA) is 98.4 Å². The highest BCUT2D eigenvalue weighted by molar-refractivity contribution is 8.15. The number of aliphatic hydroxyl groups excluding tert-OH is 2. The first-order chi connectivity index (χ1) is 12.8. The maximum atomic E-state index is 13.1. The fourth-order valence-corrected chi connectivity index (χ4v) is 4.71. The van der Waals surface area contributed by atoms with Crippen LogP contribution < -0.4 is 15.5 Å². The van der Waals surface area contributed by atoms with Crippen LogP contribution in [0.1, 0.15) is 6.42 Å². The highest BCUT2D eigenvalue weighted by Gasteiger charge is 2.50. The minimum atomic E-state index is -1.01. The quantitative estimate of drug-likeness (QED) is 0.443. The monoisotopic (exact) mass is 397 g/mol. The fourth-order valence-electron chi connectivity index (χ4n) is 3.33. The van der Waals surface area contributed by atoms with E-state index in [1.54, 1.807) is 12.1 Å². The molecule has 1 saturated carbocycles. The van der Waals surface area contributed by atoms with Crippen LogP contribution in [0.2, 0.25) is 0 Å². The second-order valence-electron chi connectivity index (χ2n) is 7.29. The highest BCUT2D eigenvalue weighted by Crippen LogP contribution is 2.41. The Labute approximate surface area is 162 Å². The third kappa shape index (κ3) is 4.78. The number of nitrogens with zero attached hydrogens (tertiary/aromatic N) is 1. The number of carbonyl (C=O) groups excluding carboxylic acids is 1. The van der Waals surface area contributed by atoms with E-state index in [9.17, 15) is 19.4 Å². The molecule has 148 valence electrons. The number of amides is 1. The van der Waals surface area contributed by atoms with Crippen LogP contribution in [-0.2, 0) is 4.79 Å². The highest BCUT2D eigenvalue weighted by atomic mass is 32.2. The number of carbonyl (C=O) groups is 1. The zero-order valence-corrected chi connectivity index (χ0v) is 16.2. The fraction of sp³-hybridized carbons (Fsp3) is 0.556. The van der Waals surface area contributed by atoms with Crippen molar-refractivity contribution >= 4 is 28.5 Å². The number of nitrogens with one attached hydrogen (secondary N) is 3. The molecule has 1 aliphatic heterocycles. The van der Waals surface area contributed by atoms with Crippen LogP contribution in [0, 0.1) is 11.7 Å². The Kier molecular flexibility index (Phi) is 6.36. The van der Waals surface area contributed by atoms with Gasteiger partial charge in [0, 0.05) is 10.9 Å². The van der Waals surface area contributed by atoms with Gasteiger partial charge in [-0.3, -0.25) is 9.79 Å². The smallest absolute Gasteiger partial charge is 0.224 e. The zero-order valence-electron chi connectivity index (χ0n) is 15.4. The van der Waals surface area contributed by atoms with E-state index in [0.29, 0.717) is 17.4 Å². The maximum Gasteiger partial charge on any atom is 0.224 e. The normalized spacial score (nSPS) is 30.0. The van der Waals surface area contributed by atoms with Crippen LogP contribution in [0.5, 0.6) is 0 Å². The van der Waals surface area contributed by atoms with Gasteiger partial charge in [0.05, 0.1) is 45.2 Å². The van der Waals surface area contributed by atoms with Crippen LogP contribution in [0.15, 0.2) is 29.3 Å². The molecule has 0 bridgehead atoms. The Hall–Kier alpha value is -1.68. The van der Waals surface area contributed by atoms with Gasteiger partial charge in [0.2, 0.25) is 5.91 Å². The molecule has 1 aromatic rings. The number of benzene rings is 1. The predicted molar refractivity (Wildman–Crippen MR) is 103 cm³/mol. The molecule has 0 radical (unpaired) electrons. The molecule has 0 unspecified atom stereocenters. The Morgan fingerprint density at radius 2 is 2.04 bits per heavy atom. The van der Waals surface area contributed by atoms with Gasteiger partial charge in [-0.1, -0.05) is 11.8 Å². The SMILES string of the molecule is C[NH+](C)CCNC(=O)[C@H]1C[C@@H](O)[C@H](O)[C@@H]2N=C(Nc3ccc(F)cc3)S[C@@H]21. The van der Waals surface area contributed by atoms with Crippen molar-refractivity contribution in [1.29, 1.82) is 0 Å². The molecule has 0 spiro atoms. The first kappa shape index (κ1) is 20.1. The average molecular weight is 397 g/mol. The van der Waals surface area contributed by atoms with Crippen molar-refractivity contribution in [1.82, 2.24) is 5.32 Å². The molecule has 1 aromatic carbocycles. The van der Waals surface area contributed by atoms with Gasteiger partial charge >= 0.3 is 0 Å². The summed E-state index contributed by atoms with van der Waals surface area (Å²) in [5.74, 6) is -0.889. The lowest BCUT2D eigenvalue weighted by atomic mass is 9.81. The minimum absolute atomic E-state index is 0.122. The summed E-state index contributed by atoms with van der Waals surface area (Å²) in [6.07, 6.45) is -1.80. The van der Waals surface area contributed by atoms with Crippen LogP contribution in [-0.4, -0.2) is 72.0 Å². The van der Waals surface area contributed by atoms with Crippen molar-refractivity contribution in [2.45, 2.75) is 29.9 Å². The zero-order chi connectivity index (χ0) is 19.6. The van der Waals surface area contributed by atoms with Gasteiger partial charge in [-0.25, -0.2) is 4.39 Å². The molecule has 1 amide bonds. The third-order valence-corrected chi connectivity index (χ3v) is 6.15. The van der Waals surface area contributed by atoms with Gasteiger partial charge in [0.15, 0.2) is 5.17 Å². The van der Waals surface area contributed by atoms with Gasteiger partial charge in [0.1, 0.15) is 11.9 Å². The Morgan fingerprint density at radius 3 is 2.70 bits per heavy atom. The van der Waals surface area contributed by atoms with Crippen molar-refractivity contribution < 1.29 is 24.3 Å². The van der Waals surface area contributed by atoms with Crippen molar-refractivity contribution in [3.63, 3.8) is 0 Å². The number of fused-ring (bicyclic) bond motifs is 1. The van der Waals surface area contributed by atoms with E-state index in [2.05, 4.69) is 15.6 Å². The van der Waals surface area contributed by atoms with E-state index in [0.717, 1.165) is 6.54 Å². The number of halogens is 1. The van der Waals surface area contributed by atoms with Crippen molar-refractivity contribution in [3.8, 4) is 0 Å². The molecule has 1 aliphatic carbocycles. The van der Waals surface area contributed by atoms with E-state index >= 15 is 0 Å². The summed E-state index contributed by atoms with van der Waals surface area (Å²) < 4.78 is 13.1. The number of thioether (sulfide) groups is 1. The standard InChI is InChI=1S/C18H25FN4O3S/c1-23(2)8-7-20-17(26)12-9-13(24)15(25)14-16(12)27-18(22-14)21-11-5-3-10(19)4-6-11/h3-6,12-16,24-25H,7-9H2,1-2H3,(H,20,26)(H,21,22)/p+1/t12-,13+,14-,15-,16+/m0/s1. The largest absolute Gasteiger partial charge is 0.390 e. The number of likely N-dealkylation sites (N-methyl/N-ethyl adjacent to an activating group) is 1. The Morgan fingerprint density at radius 1 is 1.33 bits per heavy atom. The van der Waals surface area contributed by atoms with Gasteiger partial charge in [-0.15, -0.1) is 0 Å². The van der Waals surface area contributed by atoms with E-state index in [4.69, 9.17) is 0 Å². The summed E-state index contributed by atoms with van der Waals surface area (Å²) in [7, 11) is 4.02. The summed E-state index contributed by atoms with van der Waals surface area (Å²) in [4.78, 5) is 18.4.